The Morgan fingerprint density at radius 3 is 2.44 bits per heavy atom. The number of carbonyl (C=O) groups excluding carboxylic acids is 1. The van der Waals surface area contributed by atoms with Crippen molar-refractivity contribution in [3.8, 4) is 17.1 Å². The SMILES string of the molecule is Cc1ccc(-c2cc(C(=O)Nc3ccc(F)cc3)n(-c3ccccc3)n2)o1. The predicted molar refractivity (Wildman–Crippen MR) is 100 cm³/mol. The highest BCUT2D eigenvalue weighted by molar-refractivity contribution is 6.04. The minimum atomic E-state index is -0.363. The Morgan fingerprint density at radius 2 is 1.78 bits per heavy atom. The van der Waals surface area contributed by atoms with Crippen LogP contribution in [0.25, 0.3) is 17.1 Å². The van der Waals surface area contributed by atoms with Crippen LogP contribution in [0.4, 0.5) is 10.1 Å². The van der Waals surface area contributed by atoms with Crippen molar-refractivity contribution in [1.82, 2.24) is 9.78 Å². The minimum Gasteiger partial charge on any atom is -0.460 e. The summed E-state index contributed by atoms with van der Waals surface area (Å²) in [7, 11) is 0. The smallest absolute Gasteiger partial charge is 0.274 e. The van der Waals surface area contributed by atoms with E-state index < -0.39 is 0 Å². The van der Waals surface area contributed by atoms with Crippen LogP contribution in [0, 0.1) is 12.7 Å². The molecule has 0 atom stereocenters. The highest BCUT2D eigenvalue weighted by Crippen LogP contribution is 2.24. The second-order valence-corrected chi connectivity index (χ2v) is 6.03. The minimum absolute atomic E-state index is 0.342. The van der Waals surface area contributed by atoms with E-state index >= 15 is 0 Å². The number of anilines is 1. The fraction of sp³-hybridized carbons (Fsp3) is 0.0476. The maximum atomic E-state index is 13.1. The molecular weight excluding hydrogens is 345 g/mol. The van der Waals surface area contributed by atoms with E-state index in [1.807, 2.05) is 49.4 Å². The molecule has 6 heteroatoms. The molecule has 0 saturated carbocycles. The number of benzene rings is 2. The fourth-order valence-corrected chi connectivity index (χ4v) is 2.73. The number of aryl methyl sites for hydroxylation is 1. The molecule has 0 fully saturated rings. The first-order valence-corrected chi connectivity index (χ1v) is 8.39. The lowest BCUT2D eigenvalue weighted by Crippen LogP contribution is -2.16. The number of hydrogen-bond donors (Lipinski definition) is 1. The number of rotatable bonds is 4. The third-order valence-electron chi connectivity index (χ3n) is 4.04. The summed E-state index contributed by atoms with van der Waals surface area (Å²) < 4.78 is 20.3. The molecule has 0 aliphatic rings. The molecule has 2 heterocycles. The molecule has 5 nitrogen and oxygen atoms in total. The summed E-state index contributed by atoms with van der Waals surface area (Å²) in [6.07, 6.45) is 0. The van der Waals surface area contributed by atoms with Crippen LogP contribution < -0.4 is 5.32 Å². The molecule has 0 spiro atoms. The van der Waals surface area contributed by atoms with Crippen molar-refractivity contribution in [2.75, 3.05) is 5.32 Å². The first kappa shape index (κ1) is 16.8. The van der Waals surface area contributed by atoms with E-state index in [4.69, 9.17) is 4.42 Å². The van der Waals surface area contributed by atoms with Gasteiger partial charge >= 0.3 is 0 Å². The molecule has 4 rings (SSSR count). The summed E-state index contributed by atoms with van der Waals surface area (Å²) in [5.74, 6) is 0.625. The van der Waals surface area contributed by atoms with Gasteiger partial charge in [-0.2, -0.15) is 5.10 Å². The number of nitrogens with zero attached hydrogens (tertiary/aromatic N) is 2. The van der Waals surface area contributed by atoms with Gasteiger partial charge in [0.2, 0.25) is 0 Å². The van der Waals surface area contributed by atoms with Crippen LogP contribution in [-0.2, 0) is 0 Å². The lowest BCUT2D eigenvalue weighted by Gasteiger charge is -2.08. The van der Waals surface area contributed by atoms with Gasteiger partial charge in [-0.25, -0.2) is 9.07 Å². The van der Waals surface area contributed by atoms with Gasteiger partial charge < -0.3 is 9.73 Å². The van der Waals surface area contributed by atoms with Gasteiger partial charge in [0.15, 0.2) is 5.76 Å². The zero-order valence-corrected chi connectivity index (χ0v) is 14.5. The third-order valence-corrected chi connectivity index (χ3v) is 4.04. The molecule has 0 radical (unpaired) electrons. The molecule has 0 unspecified atom stereocenters. The summed E-state index contributed by atoms with van der Waals surface area (Å²) in [6, 6.07) is 20.3. The number of nitrogens with one attached hydrogen (secondary N) is 1. The number of amides is 1. The van der Waals surface area contributed by atoms with Crippen molar-refractivity contribution in [3.05, 3.63) is 90.1 Å². The van der Waals surface area contributed by atoms with Crippen molar-refractivity contribution in [2.24, 2.45) is 0 Å². The van der Waals surface area contributed by atoms with Crippen molar-refractivity contribution >= 4 is 11.6 Å². The van der Waals surface area contributed by atoms with Crippen LogP contribution in [0.3, 0.4) is 0 Å². The highest BCUT2D eigenvalue weighted by atomic mass is 19.1. The number of hydrogen-bond acceptors (Lipinski definition) is 3. The van der Waals surface area contributed by atoms with Gasteiger partial charge in [-0.1, -0.05) is 18.2 Å². The first-order valence-electron chi connectivity index (χ1n) is 8.39. The molecule has 0 saturated heterocycles. The summed E-state index contributed by atoms with van der Waals surface area (Å²) in [5.41, 5.74) is 2.14. The highest BCUT2D eigenvalue weighted by Gasteiger charge is 2.19. The average molecular weight is 361 g/mol. The Kier molecular flexibility index (Phi) is 4.30. The largest absolute Gasteiger partial charge is 0.460 e. The second-order valence-electron chi connectivity index (χ2n) is 6.03. The van der Waals surface area contributed by atoms with Crippen LogP contribution in [0.1, 0.15) is 16.2 Å². The third kappa shape index (κ3) is 3.50. The molecular formula is C21H16FN3O2. The molecule has 0 aliphatic heterocycles. The number of aromatic nitrogens is 2. The maximum Gasteiger partial charge on any atom is 0.274 e. The zero-order chi connectivity index (χ0) is 18.8. The van der Waals surface area contributed by atoms with E-state index in [9.17, 15) is 9.18 Å². The average Bonchev–Trinajstić information content (AvgIpc) is 3.31. The van der Waals surface area contributed by atoms with E-state index in [1.165, 1.54) is 24.3 Å². The number of furan rings is 1. The maximum absolute atomic E-state index is 13.1. The van der Waals surface area contributed by atoms with Gasteiger partial charge in [0, 0.05) is 11.8 Å². The van der Waals surface area contributed by atoms with Crippen LogP contribution >= 0.6 is 0 Å². The van der Waals surface area contributed by atoms with Gasteiger partial charge in [-0.15, -0.1) is 0 Å². The molecule has 4 aromatic rings. The van der Waals surface area contributed by atoms with Crippen LogP contribution in [0.5, 0.6) is 0 Å². The van der Waals surface area contributed by atoms with Crippen molar-refractivity contribution < 1.29 is 13.6 Å². The fourth-order valence-electron chi connectivity index (χ4n) is 2.73. The van der Waals surface area contributed by atoms with Crippen molar-refractivity contribution in [3.63, 3.8) is 0 Å². The van der Waals surface area contributed by atoms with Gasteiger partial charge in [0.25, 0.3) is 5.91 Å². The topological polar surface area (TPSA) is 60.1 Å². The molecule has 0 aliphatic carbocycles. The van der Waals surface area contributed by atoms with Gasteiger partial charge in [0.05, 0.1) is 5.69 Å². The summed E-state index contributed by atoms with van der Waals surface area (Å²) in [5, 5.41) is 7.31. The summed E-state index contributed by atoms with van der Waals surface area (Å²) in [4.78, 5) is 12.8. The second kappa shape index (κ2) is 6.92. The summed E-state index contributed by atoms with van der Waals surface area (Å²) in [6.45, 7) is 1.85. The Balaban J connectivity index is 1.74. The molecule has 1 amide bonds. The first-order chi connectivity index (χ1) is 13.1. The number of halogens is 1. The molecule has 134 valence electrons. The van der Waals surface area contributed by atoms with Gasteiger partial charge in [-0.05, 0) is 55.5 Å². The quantitative estimate of drug-likeness (QED) is 0.566. The van der Waals surface area contributed by atoms with E-state index in [1.54, 1.807) is 10.7 Å². The normalized spacial score (nSPS) is 10.7. The molecule has 2 aromatic carbocycles. The van der Waals surface area contributed by atoms with Crippen LogP contribution in [0.2, 0.25) is 0 Å². The standard InChI is InChI=1S/C21H16FN3O2/c1-14-7-12-20(27-14)18-13-19(25(24-18)17-5-3-2-4-6-17)21(26)23-16-10-8-15(22)9-11-16/h2-13H,1H3,(H,23,26). The molecule has 1 N–H and O–H groups in total. The van der Waals surface area contributed by atoms with E-state index in [0.717, 1.165) is 11.4 Å². The predicted octanol–water partition coefficient (Wildman–Crippen LogP) is 4.83. The lowest BCUT2D eigenvalue weighted by molar-refractivity contribution is 0.101. The van der Waals surface area contributed by atoms with Crippen molar-refractivity contribution in [1.29, 1.82) is 0 Å². The number of carbonyl (C=O) groups is 1. The number of para-hydroxylation sites is 1. The van der Waals surface area contributed by atoms with Crippen molar-refractivity contribution in [2.45, 2.75) is 6.92 Å². The lowest BCUT2D eigenvalue weighted by atomic mass is 10.2. The van der Waals surface area contributed by atoms with Gasteiger partial charge in [-0.3, -0.25) is 4.79 Å². The Labute approximate surface area is 155 Å². The Hall–Kier alpha value is -3.67. The monoisotopic (exact) mass is 361 g/mol. The Morgan fingerprint density at radius 1 is 1.04 bits per heavy atom. The van der Waals surface area contributed by atoms with E-state index in [2.05, 4.69) is 10.4 Å². The van der Waals surface area contributed by atoms with E-state index in [0.29, 0.717) is 22.8 Å². The molecule has 2 aromatic heterocycles. The van der Waals surface area contributed by atoms with Crippen LogP contribution in [-0.4, -0.2) is 15.7 Å². The van der Waals surface area contributed by atoms with E-state index in [-0.39, 0.29) is 11.7 Å². The van der Waals surface area contributed by atoms with Gasteiger partial charge in [0.1, 0.15) is 23.0 Å². The van der Waals surface area contributed by atoms with Crippen LogP contribution in [0.15, 0.2) is 77.2 Å². The Bertz CT molecular complexity index is 1080. The summed E-state index contributed by atoms with van der Waals surface area (Å²) >= 11 is 0. The molecule has 27 heavy (non-hydrogen) atoms. The zero-order valence-electron chi connectivity index (χ0n) is 14.5. The molecule has 0 bridgehead atoms.